The van der Waals surface area contributed by atoms with Crippen LogP contribution in [0.3, 0.4) is 0 Å². The fourth-order valence-corrected chi connectivity index (χ4v) is 3.45. The average Bonchev–Trinajstić information content (AvgIpc) is 2.75. The molecule has 5 heteroatoms. The SMILES string of the molecule is CC1CNC(c2ccccc2)CN1c1cccc(C(=O)c2cccnc2)n1. The molecule has 136 valence electrons. The van der Waals surface area contributed by atoms with Crippen LogP contribution in [0.1, 0.15) is 34.6 Å². The van der Waals surface area contributed by atoms with Crippen molar-refractivity contribution < 1.29 is 4.79 Å². The summed E-state index contributed by atoms with van der Waals surface area (Å²) in [5, 5.41) is 3.60. The molecule has 5 nitrogen and oxygen atoms in total. The van der Waals surface area contributed by atoms with Gasteiger partial charge in [-0.25, -0.2) is 4.98 Å². The highest BCUT2D eigenvalue weighted by atomic mass is 16.1. The lowest BCUT2D eigenvalue weighted by Gasteiger charge is -2.40. The number of nitrogens with one attached hydrogen (secondary N) is 1. The summed E-state index contributed by atoms with van der Waals surface area (Å²) in [7, 11) is 0. The van der Waals surface area contributed by atoms with Gasteiger partial charge in [0.1, 0.15) is 11.5 Å². The Morgan fingerprint density at radius 1 is 1.07 bits per heavy atom. The average molecular weight is 358 g/mol. The highest BCUT2D eigenvalue weighted by Crippen LogP contribution is 2.24. The first kappa shape index (κ1) is 17.4. The van der Waals surface area contributed by atoms with Gasteiger partial charge in [-0.3, -0.25) is 9.78 Å². The number of carbonyl (C=O) groups is 1. The van der Waals surface area contributed by atoms with Crippen molar-refractivity contribution in [3.05, 3.63) is 89.9 Å². The number of carbonyl (C=O) groups excluding carboxylic acids is 1. The fourth-order valence-electron chi connectivity index (χ4n) is 3.45. The summed E-state index contributed by atoms with van der Waals surface area (Å²) in [6.07, 6.45) is 3.24. The first-order valence-corrected chi connectivity index (χ1v) is 9.19. The Hall–Kier alpha value is -3.05. The summed E-state index contributed by atoms with van der Waals surface area (Å²) in [5.41, 5.74) is 2.26. The predicted molar refractivity (Wildman–Crippen MR) is 106 cm³/mol. The zero-order valence-corrected chi connectivity index (χ0v) is 15.2. The second-order valence-corrected chi connectivity index (χ2v) is 6.82. The van der Waals surface area contributed by atoms with Gasteiger partial charge >= 0.3 is 0 Å². The molecular formula is C22H22N4O. The van der Waals surface area contributed by atoms with Gasteiger partial charge in [-0.2, -0.15) is 0 Å². The summed E-state index contributed by atoms with van der Waals surface area (Å²) in [6.45, 7) is 3.84. The number of benzene rings is 1. The second-order valence-electron chi connectivity index (χ2n) is 6.82. The Balaban J connectivity index is 1.59. The van der Waals surface area contributed by atoms with E-state index in [4.69, 9.17) is 0 Å². The maximum absolute atomic E-state index is 12.7. The van der Waals surface area contributed by atoms with Gasteiger partial charge < -0.3 is 10.2 Å². The molecule has 2 atom stereocenters. The highest BCUT2D eigenvalue weighted by molar-refractivity contribution is 6.07. The molecule has 1 fully saturated rings. The Bertz CT molecular complexity index is 914. The second kappa shape index (κ2) is 7.68. The lowest BCUT2D eigenvalue weighted by molar-refractivity contribution is 0.103. The summed E-state index contributed by atoms with van der Waals surface area (Å²) >= 11 is 0. The van der Waals surface area contributed by atoms with E-state index in [1.165, 1.54) is 5.56 Å². The molecule has 0 radical (unpaired) electrons. The molecule has 0 spiro atoms. The van der Waals surface area contributed by atoms with Crippen molar-refractivity contribution in [1.29, 1.82) is 0 Å². The third kappa shape index (κ3) is 3.73. The van der Waals surface area contributed by atoms with Crippen molar-refractivity contribution in [2.45, 2.75) is 19.0 Å². The maximum atomic E-state index is 12.7. The van der Waals surface area contributed by atoms with E-state index >= 15 is 0 Å². The number of hydrogen-bond acceptors (Lipinski definition) is 5. The number of piperazine rings is 1. The highest BCUT2D eigenvalue weighted by Gasteiger charge is 2.27. The van der Waals surface area contributed by atoms with Crippen LogP contribution in [-0.2, 0) is 0 Å². The number of nitrogens with zero attached hydrogens (tertiary/aromatic N) is 3. The Morgan fingerprint density at radius 3 is 2.70 bits per heavy atom. The molecule has 4 rings (SSSR count). The summed E-state index contributed by atoms with van der Waals surface area (Å²) in [4.78, 5) is 23.7. The van der Waals surface area contributed by atoms with E-state index in [2.05, 4.69) is 51.4 Å². The van der Waals surface area contributed by atoms with Gasteiger partial charge in [0, 0.05) is 43.1 Å². The van der Waals surface area contributed by atoms with Crippen LogP contribution in [0, 0.1) is 0 Å². The standard InChI is InChI=1S/C22H22N4O/c1-16-13-24-20(17-7-3-2-4-8-17)15-26(16)21-11-5-10-19(25-21)22(27)18-9-6-12-23-14-18/h2-12,14,16,20,24H,13,15H2,1H3. The van der Waals surface area contributed by atoms with E-state index in [9.17, 15) is 4.79 Å². The molecular weight excluding hydrogens is 336 g/mol. The zero-order valence-electron chi connectivity index (χ0n) is 15.2. The molecule has 2 aromatic heterocycles. The van der Waals surface area contributed by atoms with Crippen molar-refractivity contribution in [3.8, 4) is 0 Å². The molecule has 1 aromatic carbocycles. The minimum absolute atomic E-state index is 0.104. The van der Waals surface area contributed by atoms with Gasteiger partial charge in [0.2, 0.25) is 5.78 Å². The number of ketones is 1. The number of anilines is 1. The largest absolute Gasteiger partial charge is 0.351 e. The normalized spacial score (nSPS) is 19.7. The van der Waals surface area contributed by atoms with Crippen LogP contribution in [0.25, 0.3) is 0 Å². The third-order valence-corrected chi connectivity index (χ3v) is 4.96. The number of aromatic nitrogens is 2. The molecule has 2 unspecified atom stereocenters. The van der Waals surface area contributed by atoms with Crippen molar-refractivity contribution in [2.24, 2.45) is 0 Å². The molecule has 0 amide bonds. The van der Waals surface area contributed by atoms with Crippen LogP contribution in [0.5, 0.6) is 0 Å². The summed E-state index contributed by atoms with van der Waals surface area (Å²) in [6, 6.07) is 20.1. The maximum Gasteiger partial charge on any atom is 0.212 e. The van der Waals surface area contributed by atoms with Crippen molar-refractivity contribution in [3.63, 3.8) is 0 Å². The Labute approximate surface area is 159 Å². The molecule has 1 N–H and O–H groups in total. The zero-order chi connectivity index (χ0) is 18.6. The number of hydrogen-bond donors (Lipinski definition) is 1. The molecule has 1 saturated heterocycles. The minimum Gasteiger partial charge on any atom is -0.351 e. The van der Waals surface area contributed by atoms with E-state index in [-0.39, 0.29) is 11.8 Å². The quantitative estimate of drug-likeness (QED) is 0.726. The van der Waals surface area contributed by atoms with E-state index in [0.717, 1.165) is 18.9 Å². The Kier molecular flexibility index (Phi) is 4.94. The number of rotatable bonds is 4. The predicted octanol–water partition coefficient (Wildman–Crippen LogP) is 3.25. The molecule has 0 aliphatic carbocycles. The molecule has 0 bridgehead atoms. The third-order valence-electron chi connectivity index (χ3n) is 4.96. The van der Waals surface area contributed by atoms with Crippen LogP contribution in [0.2, 0.25) is 0 Å². The van der Waals surface area contributed by atoms with Gasteiger partial charge in [-0.15, -0.1) is 0 Å². The topological polar surface area (TPSA) is 58.1 Å². The molecule has 3 aromatic rings. The monoisotopic (exact) mass is 358 g/mol. The smallest absolute Gasteiger partial charge is 0.212 e. The van der Waals surface area contributed by atoms with Crippen LogP contribution in [0.15, 0.2) is 73.1 Å². The van der Waals surface area contributed by atoms with Crippen LogP contribution < -0.4 is 10.2 Å². The van der Waals surface area contributed by atoms with Crippen molar-refractivity contribution in [2.75, 3.05) is 18.0 Å². The lowest BCUT2D eigenvalue weighted by Crippen LogP contribution is -2.51. The minimum atomic E-state index is -0.104. The first-order valence-electron chi connectivity index (χ1n) is 9.19. The van der Waals surface area contributed by atoms with E-state index in [1.807, 2.05) is 18.2 Å². The van der Waals surface area contributed by atoms with Crippen molar-refractivity contribution >= 4 is 11.6 Å². The molecule has 3 heterocycles. The van der Waals surface area contributed by atoms with Crippen molar-refractivity contribution in [1.82, 2.24) is 15.3 Å². The first-order chi connectivity index (χ1) is 13.2. The van der Waals surface area contributed by atoms with Gasteiger partial charge in [-0.1, -0.05) is 36.4 Å². The van der Waals surface area contributed by atoms with Crippen LogP contribution in [0.4, 0.5) is 5.82 Å². The fraction of sp³-hybridized carbons (Fsp3) is 0.227. The lowest BCUT2D eigenvalue weighted by atomic mass is 10.0. The number of pyridine rings is 2. The molecule has 1 aliphatic heterocycles. The molecule has 1 aliphatic rings. The van der Waals surface area contributed by atoms with Crippen LogP contribution >= 0.6 is 0 Å². The summed E-state index contributed by atoms with van der Waals surface area (Å²) < 4.78 is 0. The van der Waals surface area contributed by atoms with E-state index < -0.39 is 0 Å². The summed E-state index contributed by atoms with van der Waals surface area (Å²) in [5.74, 6) is 0.729. The molecule has 0 saturated carbocycles. The van der Waals surface area contributed by atoms with E-state index in [0.29, 0.717) is 17.3 Å². The van der Waals surface area contributed by atoms with Gasteiger partial charge in [-0.05, 0) is 36.8 Å². The van der Waals surface area contributed by atoms with Crippen LogP contribution in [-0.4, -0.2) is 34.9 Å². The van der Waals surface area contributed by atoms with Gasteiger partial charge in [0.15, 0.2) is 0 Å². The van der Waals surface area contributed by atoms with E-state index in [1.54, 1.807) is 30.6 Å². The Morgan fingerprint density at radius 2 is 1.93 bits per heavy atom. The van der Waals surface area contributed by atoms with Gasteiger partial charge in [0.05, 0.1) is 0 Å². The molecule has 27 heavy (non-hydrogen) atoms. The van der Waals surface area contributed by atoms with Gasteiger partial charge in [0.25, 0.3) is 0 Å².